The molecule has 0 saturated carbocycles. The number of carbonyl (C=O) groups is 1. The molecule has 33 heavy (non-hydrogen) atoms. The van der Waals surface area contributed by atoms with Crippen LogP contribution in [-0.4, -0.2) is 45.2 Å². The Bertz CT molecular complexity index is 1200. The molecule has 1 aromatic carbocycles. The highest BCUT2D eigenvalue weighted by Crippen LogP contribution is 2.30. The monoisotopic (exact) mass is 455 g/mol. The first-order chi connectivity index (χ1) is 16.0. The third kappa shape index (κ3) is 4.91. The summed E-state index contributed by atoms with van der Waals surface area (Å²) in [4.78, 5) is 38.5. The molecule has 4 rings (SSSR count). The number of aromatic nitrogens is 4. The second kappa shape index (κ2) is 10.1. The molecular formula is C23H29N5O5. The Morgan fingerprint density at radius 1 is 1.33 bits per heavy atom. The van der Waals surface area contributed by atoms with Crippen LogP contribution < -0.4 is 15.8 Å². The van der Waals surface area contributed by atoms with E-state index >= 15 is 0 Å². The van der Waals surface area contributed by atoms with Crippen molar-refractivity contribution in [3.05, 3.63) is 39.8 Å². The lowest BCUT2D eigenvalue weighted by atomic mass is 10.1. The van der Waals surface area contributed by atoms with Crippen LogP contribution in [0.1, 0.15) is 55.6 Å². The van der Waals surface area contributed by atoms with Gasteiger partial charge in [-0.15, -0.1) is 0 Å². The van der Waals surface area contributed by atoms with Crippen LogP contribution >= 0.6 is 0 Å². The summed E-state index contributed by atoms with van der Waals surface area (Å²) in [5.74, 6) is 0.395. The topological polar surface area (TPSA) is 120 Å². The summed E-state index contributed by atoms with van der Waals surface area (Å²) < 4.78 is 12.8. The number of aromatic amines is 1. The number of ether oxygens (including phenoxy) is 2. The van der Waals surface area contributed by atoms with E-state index in [2.05, 4.69) is 15.6 Å². The fourth-order valence-electron chi connectivity index (χ4n) is 3.90. The van der Waals surface area contributed by atoms with E-state index in [0.717, 1.165) is 31.4 Å². The quantitative estimate of drug-likeness (QED) is 0.501. The van der Waals surface area contributed by atoms with Gasteiger partial charge in [0, 0.05) is 25.6 Å². The third-order valence-corrected chi connectivity index (χ3v) is 5.47. The van der Waals surface area contributed by atoms with E-state index in [1.807, 2.05) is 13.8 Å². The number of benzene rings is 1. The molecule has 1 saturated heterocycles. The van der Waals surface area contributed by atoms with Crippen molar-refractivity contribution in [2.75, 3.05) is 13.2 Å². The Balaban J connectivity index is 1.69. The molecule has 1 aliphatic heterocycles. The van der Waals surface area contributed by atoms with Crippen LogP contribution in [0.4, 0.5) is 0 Å². The Kier molecular flexibility index (Phi) is 7.05. The zero-order chi connectivity index (χ0) is 23.4. The van der Waals surface area contributed by atoms with Gasteiger partial charge in [-0.25, -0.2) is 15.3 Å². The minimum atomic E-state index is -0.451. The maximum absolute atomic E-state index is 12.9. The van der Waals surface area contributed by atoms with Crippen molar-refractivity contribution >= 4 is 16.9 Å². The molecular weight excluding hydrogens is 426 g/mol. The van der Waals surface area contributed by atoms with Gasteiger partial charge in [0.15, 0.2) is 11.8 Å². The van der Waals surface area contributed by atoms with Gasteiger partial charge in [0.1, 0.15) is 17.1 Å². The molecule has 10 nitrogen and oxygen atoms in total. The highest BCUT2D eigenvalue weighted by atomic mass is 16.8. The molecule has 10 heteroatoms. The Labute approximate surface area is 191 Å². The number of nitrogens with one attached hydrogen (secondary N) is 2. The van der Waals surface area contributed by atoms with Crippen LogP contribution in [0.3, 0.4) is 0 Å². The van der Waals surface area contributed by atoms with Crippen molar-refractivity contribution < 1.29 is 19.1 Å². The van der Waals surface area contributed by atoms with Crippen molar-refractivity contribution in [2.24, 2.45) is 7.05 Å². The number of rotatable bonds is 8. The lowest BCUT2D eigenvalue weighted by Gasteiger charge is -2.22. The predicted octanol–water partition coefficient (Wildman–Crippen LogP) is 2.86. The van der Waals surface area contributed by atoms with Crippen LogP contribution in [0.2, 0.25) is 0 Å². The Hall–Kier alpha value is -3.24. The van der Waals surface area contributed by atoms with Gasteiger partial charge >= 0.3 is 0 Å². The van der Waals surface area contributed by atoms with E-state index in [-0.39, 0.29) is 5.56 Å². The van der Waals surface area contributed by atoms with Crippen LogP contribution in [0.5, 0.6) is 5.75 Å². The molecule has 2 aromatic heterocycles. The van der Waals surface area contributed by atoms with Crippen molar-refractivity contribution in [2.45, 2.75) is 52.2 Å². The molecule has 3 aromatic rings. The smallest absolute Gasteiger partial charge is 0.277 e. The van der Waals surface area contributed by atoms with Gasteiger partial charge < -0.3 is 14.5 Å². The summed E-state index contributed by atoms with van der Waals surface area (Å²) in [5, 5.41) is 4.46. The molecule has 1 unspecified atom stereocenters. The van der Waals surface area contributed by atoms with Crippen molar-refractivity contribution in [3.63, 3.8) is 0 Å². The lowest BCUT2D eigenvalue weighted by molar-refractivity contribution is -0.186. The highest BCUT2D eigenvalue weighted by Gasteiger charge is 2.20. The third-order valence-electron chi connectivity index (χ3n) is 5.47. The summed E-state index contributed by atoms with van der Waals surface area (Å²) in [6, 6.07) is 4.95. The second-order valence-corrected chi connectivity index (χ2v) is 7.92. The summed E-state index contributed by atoms with van der Waals surface area (Å²) in [6.45, 7) is 4.94. The van der Waals surface area contributed by atoms with E-state index in [1.165, 1.54) is 0 Å². The second-order valence-electron chi connectivity index (χ2n) is 7.92. The number of amides is 1. The van der Waals surface area contributed by atoms with Gasteiger partial charge in [0.25, 0.3) is 11.5 Å². The molecule has 0 spiro atoms. The van der Waals surface area contributed by atoms with E-state index in [0.29, 0.717) is 53.4 Å². The number of hydrogen-bond acceptors (Lipinski definition) is 7. The molecule has 0 bridgehead atoms. The summed E-state index contributed by atoms with van der Waals surface area (Å²) in [5.41, 5.74) is 4.72. The van der Waals surface area contributed by atoms with Crippen molar-refractivity contribution in [1.29, 1.82) is 0 Å². The minimum Gasteiger partial charge on any atom is -0.493 e. The molecule has 1 atom stereocenters. The number of H-pyrrole nitrogens is 1. The number of fused-ring (bicyclic) bond motifs is 1. The normalized spacial score (nSPS) is 16.2. The molecule has 176 valence electrons. The van der Waals surface area contributed by atoms with E-state index < -0.39 is 12.2 Å². The molecule has 0 radical (unpaired) electrons. The average molecular weight is 456 g/mol. The number of nitrogens with zero attached hydrogens (tertiary/aromatic N) is 3. The molecule has 2 N–H and O–H groups in total. The van der Waals surface area contributed by atoms with Crippen molar-refractivity contribution in [3.8, 4) is 17.1 Å². The maximum atomic E-state index is 12.9. The van der Waals surface area contributed by atoms with E-state index in [9.17, 15) is 9.59 Å². The number of aryl methyl sites for hydroxylation is 2. The first-order valence-corrected chi connectivity index (χ1v) is 11.3. The zero-order valence-corrected chi connectivity index (χ0v) is 19.1. The molecule has 3 heterocycles. The molecule has 1 amide bonds. The van der Waals surface area contributed by atoms with Crippen molar-refractivity contribution in [1.82, 2.24) is 25.2 Å². The number of hydroxylamine groups is 1. The largest absolute Gasteiger partial charge is 0.493 e. The summed E-state index contributed by atoms with van der Waals surface area (Å²) in [6.07, 6.45) is 3.83. The van der Waals surface area contributed by atoms with Gasteiger partial charge in [-0.05, 0) is 44.4 Å². The Morgan fingerprint density at radius 3 is 2.91 bits per heavy atom. The van der Waals surface area contributed by atoms with Gasteiger partial charge in [-0.1, -0.05) is 13.3 Å². The van der Waals surface area contributed by atoms with Crippen LogP contribution in [0, 0.1) is 0 Å². The molecule has 1 fully saturated rings. The van der Waals surface area contributed by atoms with Crippen LogP contribution in [0.15, 0.2) is 23.0 Å². The fourth-order valence-corrected chi connectivity index (χ4v) is 3.90. The average Bonchev–Trinajstić information content (AvgIpc) is 3.14. The van der Waals surface area contributed by atoms with E-state index in [1.54, 1.807) is 29.9 Å². The minimum absolute atomic E-state index is 0.303. The van der Waals surface area contributed by atoms with Gasteiger partial charge in [0.05, 0.1) is 17.9 Å². The summed E-state index contributed by atoms with van der Waals surface area (Å²) in [7, 11) is 1.73. The van der Waals surface area contributed by atoms with Crippen LogP contribution in [-0.2, 0) is 23.0 Å². The van der Waals surface area contributed by atoms with Gasteiger partial charge in [-0.2, -0.15) is 5.10 Å². The summed E-state index contributed by atoms with van der Waals surface area (Å²) >= 11 is 0. The number of carbonyl (C=O) groups excluding carboxylic acids is 1. The number of hydrogen-bond donors (Lipinski definition) is 2. The first-order valence-electron chi connectivity index (χ1n) is 11.3. The SMILES string of the molecule is CCCc1nn(C)c2c(=O)[nH]c(-c3cc(C(=O)NOC4CCCCO4)ccc3OCC)nc12. The standard InChI is InChI=1S/C23H29N5O5/c1-4-8-16-19-20(28(3)26-16)23(30)25-21(24-19)15-13-14(10-11-17(15)31-5-2)22(29)27-33-18-9-6-7-12-32-18/h10-11,13,18H,4-9,12H2,1-3H3,(H,27,29)(H,24,25,30). The zero-order valence-electron chi connectivity index (χ0n) is 19.1. The van der Waals surface area contributed by atoms with Crippen LogP contribution in [0.25, 0.3) is 22.4 Å². The molecule has 0 aliphatic carbocycles. The lowest BCUT2D eigenvalue weighted by Crippen LogP contribution is -2.33. The fraction of sp³-hybridized carbons (Fsp3) is 0.478. The van der Waals surface area contributed by atoms with E-state index in [4.69, 9.17) is 19.3 Å². The Morgan fingerprint density at radius 2 is 2.18 bits per heavy atom. The molecule has 1 aliphatic rings. The van der Waals surface area contributed by atoms with Gasteiger partial charge in [-0.3, -0.25) is 14.3 Å². The van der Waals surface area contributed by atoms with Gasteiger partial charge in [0.2, 0.25) is 0 Å². The first kappa shape index (κ1) is 22.9. The predicted molar refractivity (Wildman–Crippen MR) is 122 cm³/mol. The highest BCUT2D eigenvalue weighted by molar-refractivity contribution is 5.95. The maximum Gasteiger partial charge on any atom is 0.277 e.